The molecule has 5 heteroatoms. The molecule has 0 heterocycles. The third-order valence-corrected chi connectivity index (χ3v) is 9.34. The zero-order valence-corrected chi connectivity index (χ0v) is 26.2. The van der Waals surface area contributed by atoms with Crippen LogP contribution in [0.25, 0.3) is 11.1 Å². The summed E-state index contributed by atoms with van der Waals surface area (Å²) in [6.45, 7) is 4.80. The first-order chi connectivity index (χ1) is 20.4. The van der Waals surface area contributed by atoms with Crippen LogP contribution in [0.2, 0.25) is 0 Å². The van der Waals surface area contributed by atoms with Crippen LogP contribution < -0.4 is 4.74 Å². The van der Waals surface area contributed by atoms with Gasteiger partial charge in [-0.25, -0.2) is 13.6 Å². The maximum atomic E-state index is 15.8. The van der Waals surface area contributed by atoms with E-state index in [0.717, 1.165) is 68.1 Å². The van der Waals surface area contributed by atoms with Gasteiger partial charge in [0.1, 0.15) is 0 Å². The summed E-state index contributed by atoms with van der Waals surface area (Å²) in [6, 6.07) is 13.2. The number of aliphatic carboxylic acids is 1. The van der Waals surface area contributed by atoms with Crippen molar-refractivity contribution in [1.82, 2.24) is 0 Å². The minimum Gasteiger partial charge on any atom is -0.491 e. The highest BCUT2D eigenvalue weighted by molar-refractivity contribution is 5.77. The molecule has 3 rings (SSSR count). The zero-order valence-electron chi connectivity index (χ0n) is 26.2. The molecular formula is C37H54F2O3. The summed E-state index contributed by atoms with van der Waals surface area (Å²) in [5.41, 5.74) is 0.729. The number of carbonyl (C=O) groups is 1. The maximum absolute atomic E-state index is 15.8. The molecule has 1 N–H and O–H groups in total. The van der Waals surface area contributed by atoms with E-state index in [-0.39, 0.29) is 24.1 Å². The second kappa shape index (κ2) is 18.3. The van der Waals surface area contributed by atoms with Crippen LogP contribution in [0.1, 0.15) is 129 Å². The largest absolute Gasteiger partial charge is 0.491 e. The van der Waals surface area contributed by atoms with Gasteiger partial charge in [0, 0.05) is 5.92 Å². The summed E-state index contributed by atoms with van der Waals surface area (Å²) in [4.78, 5) is 12.0. The molecule has 2 aromatic carbocycles. The Morgan fingerprint density at radius 2 is 1.52 bits per heavy atom. The Kier molecular flexibility index (Phi) is 14.8. The van der Waals surface area contributed by atoms with Crippen molar-refractivity contribution in [3.8, 4) is 16.9 Å². The van der Waals surface area contributed by atoms with Gasteiger partial charge in [0.25, 0.3) is 0 Å². The second-order valence-corrected chi connectivity index (χ2v) is 12.5. The van der Waals surface area contributed by atoms with Gasteiger partial charge in [-0.15, -0.1) is 0 Å². The van der Waals surface area contributed by atoms with Crippen LogP contribution in [0, 0.1) is 17.7 Å². The third-order valence-electron chi connectivity index (χ3n) is 9.34. The van der Waals surface area contributed by atoms with Gasteiger partial charge >= 0.3 is 5.97 Å². The lowest BCUT2D eigenvalue weighted by Crippen LogP contribution is -2.44. The number of alkyl halides is 1. The fourth-order valence-corrected chi connectivity index (χ4v) is 6.49. The number of carboxylic acids is 1. The average molecular weight is 585 g/mol. The minimum absolute atomic E-state index is 0.0184. The monoisotopic (exact) mass is 584 g/mol. The Balaban J connectivity index is 1.44. The summed E-state index contributed by atoms with van der Waals surface area (Å²) in [5.74, 6) is -1.68. The van der Waals surface area contributed by atoms with Gasteiger partial charge in [-0.1, -0.05) is 121 Å². The molecule has 0 saturated heterocycles. The van der Waals surface area contributed by atoms with Crippen molar-refractivity contribution in [3.05, 3.63) is 53.8 Å². The number of hydrogen-bond acceptors (Lipinski definition) is 2. The van der Waals surface area contributed by atoms with Gasteiger partial charge in [0.15, 0.2) is 11.6 Å². The molecule has 1 unspecified atom stereocenters. The molecule has 0 spiro atoms. The normalized spacial score (nSPS) is 16.2. The lowest BCUT2D eigenvalue weighted by Gasteiger charge is -2.35. The van der Waals surface area contributed by atoms with Crippen molar-refractivity contribution in [2.75, 3.05) is 6.61 Å². The number of carboxylic acid groups (broad SMARTS) is 1. The van der Waals surface area contributed by atoms with Gasteiger partial charge in [0.05, 0.1) is 6.61 Å². The molecule has 1 aliphatic rings. The van der Waals surface area contributed by atoms with E-state index in [9.17, 15) is 14.3 Å². The Morgan fingerprint density at radius 3 is 2.12 bits per heavy atom. The predicted octanol–water partition coefficient (Wildman–Crippen LogP) is 11.1. The standard InChI is InChI=1S/C37H54F2O3/c1-3-5-6-7-8-9-10-11-15-26-42-35-25-24-32(27-34(35)38)31-22-20-30(21-23-31)19-18-29(4-2)28-37(39,36(40)41)33-16-13-12-14-17-33/h20-25,27,29,33H,3-19,26,28H2,1-2H3,(H,40,41)/t29?,37-/m0/s1. The fraction of sp³-hybridized carbons (Fsp3) is 0.649. The molecule has 0 bridgehead atoms. The number of ether oxygens (including phenoxy) is 1. The van der Waals surface area contributed by atoms with Crippen LogP contribution in [0.4, 0.5) is 8.78 Å². The summed E-state index contributed by atoms with van der Waals surface area (Å²) < 4.78 is 36.3. The zero-order chi connectivity index (χ0) is 30.2. The van der Waals surface area contributed by atoms with Gasteiger partial charge in [-0.05, 0) is 73.3 Å². The molecule has 234 valence electrons. The van der Waals surface area contributed by atoms with Crippen molar-refractivity contribution >= 4 is 5.97 Å². The summed E-state index contributed by atoms with van der Waals surface area (Å²) in [7, 11) is 0. The minimum atomic E-state index is -2.13. The first-order valence-electron chi connectivity index (χ1n) is 16.8. The van der Waals surface area contributed by atoms with Crippen molar-refractivity contribution in [1.29, 1.82) is 0 Å². The lowest BCUT2D eigenvalue weighted by atomic mass is 9.73. The van der Waals surface area contributed by atoms with Crippen molar-refractivity contribution < 1.29 is 23.4 Å². The number of hydrogen-bond donors (Lipinski definition) is 1. The molecule has 1 saturated carbocycles. The van der Waals surface area contributed by atoms with E-state index in [1.54, 1.807) is 6.07 Å². The molecule has 2 atom stereocenters. The number of halogens is 2. The number of aryl methyl sites for hydroxylation is 1. The Hall–Kier alpha value is -2.43. The Morgan fingerprint density at radius 1 is 0.905 bits per heavy atom. The number of benzene rings is 2. The first kappa shape index (κ1) is 34.1. The van der Waals surface area contributed by atoms with Gasteiger partial charge in [-0.3, -0.25) is 0 Å². The van der Waals surface area contributed by atoms with Crippen molar-refractivity contribution in [3.63, 3.8) is 0 Å². The lowest BCUT2D eigenvalue weighted by molar-refractivity contribution is -0.158. The summed E-state index contributed by atoms with van der Waals surface area (Å²) >= 11 is 0. The van der Waals surface area contributed by atoms with Gasteiger partial charge in [0.2, 0.25) is 5.67 Å². The maximum Gasteiger partial charge on any atom is 0.341 e. The molecule has 1 aliphatic carbocycles. The van der Waals surface area contributed by atoms with E-state index in [4.69, 9.17) is 4.74 Å². The van der Waals surface area contributed by atoms with Gasteiger partial charge in [-0.2, -0.15) is 0 Å². The van der Waals surface area contributed by atoms with E-state index < -0.39 is 11.6 Å². The smallest absolute Gasteiger partial charge is 0.341 e. The van der Waals surface area contributed by atoms with Crippen molar-refractivity contribution in [2.24, 2.45) is 11.8 Å². The SMILES string of the molecule is CCCCCCCCCCCOc1ccc(-c2ccc(CCC(CC)C[C@@](F)(C(=O)O)C3CCCCC3)cc2)cc1F. The summed E-state index contributed by atoms with van der Waals surface area (Å²) in [6.07, 6.45) is 17.8. The molecule has 3 nitrogen and oxygen atoms in total. The van der Waals surface area contributed by atoms with Crippen LogP contribution in [0.5, 0.6) is 5.75 Å². The first-order valence-corrected chi connectivity index (χ1v) is 16.8. The van der Waals surface area contributed by atoms with E-state index in [2.05, 4.69) is 6.92 Å². The molecule has 42 heavy (non-hydrogen) atoms. The van der Waals surface area contributed by atoms with Gasteiger partial charge < -0.3 is 9.84 Å². The average Bonchev–Trinajstić information content (AvgIpc) is 3.01. The van der Waals surface area contributed by atoms with E-state index in [0.29, 0.717) is 25.2 Å². The van der Waals surface area contributed by atoms with Crippen LogP contribution in [-0.2, 0) is 11.2 Å². The molecular weight excluding hydrogens is 530 g/mol. The third kappa shape index (κ3) is 10.7. The van der Waals surface area contributed by atoms with Crippen LogP contribution in [-0.4, -0.2) is 23.4 Å². The highest BCUT2D eigenvalue weighted by atomic mass is 19.1. The second-order valence-electron chi connectivity index (χ2n) is 12.5. The molecule has 0 radical (unpaired) electrons. The molecule has 0 aromatic heterocycles. The quantitative estimate of drug-likeness (QED) is 0.157. The number of rotatable bonds is 20. The fourth-order valence-electron chi connectivity index (χ4n) is 6.49. The number of unbranched alkanes of at least 4 members (excludes halogenated alkanes) is 8. The van der Waals surface area contributed by atoms with Crippen molar-refractivity contribution in [2.45, 2.75) is 135 Å². The molecule has 0 aliphatic heterocycles. The molecule has 2 aromatic rings. The van der Waals surface area contributed by atoms with Crippen LogP contribution in [0.3, 0.4) is 0 Å². The Bertz CT molecular complexity index is 1050. The highest BCUT2D eigenvalue weighted by Crippen LogP contribution is 2.41. The molecule has 1 fully saturated rings. The molecule has 0 amide bonds. The summed E-state index contributed by atoms with van der Waals surface area (Å²) in [5, 5.41) is 9.79. The van der Waals surface area contributed by atoms with Crippen LogP contribution >= 0.6 is 0 Å². The van der Waals surface area contributed by atoms with Crippen LogP contribution in [0.15, 0.2) is 42.5 Å². The Labute approximate surface area is 253 Å². The predicted molar refractivity (Wildman–Crippen MR) is 169 cm³/mol. The highest BCUT2D eigenvalue weighted by Gasteiger charge is 2.47. The topological polar surface area (TPSA) is 46.5 Å². The van der Waals surface area contributed by atoms with E-state index in [1.807, 2.05) is 37.3 Å². The van der Waals surface area contributed by atoms with E-state index >= 15 is 4.39 Å². The van der Waals surface area contributed by atoms with E-state index in [1.165, 1.54) is 51.0 Å².